The van der Waals surface area contributed by atoms with E-state index in [1.54, 1.807) is 24.0 Å². The summed E-state index contributed by atoms with van der Waals surface area (Å²) in [5.41, 5.74) is 0.146. The number of hydrogen-bond donors (Lipinski definition) is 1. The molecule has 1 saturated heterocycles. The van der Waals surface area contributed by atoms with Crippen LogP contribution in [0.15, 0.2) is 24.3 Å². The smallest absolute Gasteiger partial charge is 0.322 e. The summed E-state index contributed by atoms with van der Waals surface area (Å²) in [6, 6.07) is 5.46. The molecule has 0 unspecified atom stereocenters. The highest BCUT2D eigenvalue weighted by Crippen LogP contribution is 2.22. The Morgan fingerprint density at radius 2 is 2.14 bits per heavy atom. The van der Waals surface area contributed by atoms with E-state index in [-0.39, 0.29) is 30.2 Å². The Balaban J connectivity index is 2.02. The summed E-state index contributed by atoms with van der Waals surface area (Å²) in [6.45, 7) is 2.64. The second kappa shape index (κ2) is 7.77. The maximum absolute atomic E-state index is 13.6. The molecule has 0 aliphatic carbocycles. The lowest BCUT2D eigenvalue weighted by Gasteiger charge is -2.35. The van der Waals surface area contributed by atoms with Gasteiger partial charge in [0.25, 0.3) is 0 Å². The third-order valence-electron chi connectivity index (χ3n) is 3.71. The van der Waals surface area contributed by atoms with Crippen LogP contribution in [-0.2, 0) is 9.53 Å². The third-order valence-corrected chi connectivity index (χ3v) is 3.71. The minimum Gasteiger partial charge on any atom is -0.466 e. The van der Waals surface area contributed by atoms with Gasteiger partial charge in [-0.05, 0) is 38.3 Å². The highest BCUT2D eigenvalue weighted by atomic mass is 19.1. The number of para-hydroxylation sites is 1. The number of urea groups is 1. The molecular formula is C16H21FN2O3. The molecule has 1 atom stereocenters. The average Bonchev–Trinajstić information content (AvgIpc) is 2.50. The molecule has 1 aromatic rings. The van der Waals surface area contributed by atoms with E-state index in [2.05, 4.69) is 5.32 Å². The van der Waals surface area contributed by atoms with Crippen LogP contribution in [-0.4, -0.2) is 36.1 Å². The molecule has 0 saturated carbocycles. The lowest BCUT2D eigenvalue weighted by molar-refractivity contribution is -0.144. The van der Waals surface area contributed by atoms with Crippen molar-refractivity contribution in [3.63, 3.8) is 0 Å². The molecule has 5 nitrogen and oxygen atoms in total. The second-order valence-corrected chi connectivity index (χ2v) is 5.26. The lowest BCUT2D eigenvalue weighted by Crippen LogP contribution is -2.47. The van der Waals surface area contributed by atoms with Gasteiger partial charge < -0.3 is 15.0 Å². The number of esters is 1. The number of amides is 2. The van der Waals surface area contributed by atoms with Gasteiger partial charge in [-0.3, -0.25) is 4.79 Å². The highest BCUT2D eigenvalue weighted by Gasteiger charge is 2.29. The van der Waals surface area contributed by atoms with Gasteiger partial charge in [-0.2, -0.15) is 0 Å². The van der Waals surface area contributed by atoms with Crippen molar-refractivity contribution in [2.24, 2.45) is 0 Å². The fraction of sp³-hybridized carbons (Fsp3) is 0.500. The largest absolute Gasteiger partial charge is 0.466 e. The summed E-state index contributed by atoms with van der Waals surface area (Å²) in [7, 11) is 0. The zero-order valence-electron chi connectivity index (χ0n) is 12.7. The molecule has 0 spiro atoms. The first-order valence-corrected chi connectivity index (χ1v) is 7.59. The van der Waals surface area contributed by atoms with Crippen LogP contribution in [0.25, 0.3) is 0 Å². The molecule has 2 rings (SSSR count). The molecule has 1 fully saturated rings. The summed E-state index contributed by atoms with van der Waals surface area (Å²) in [6.07, 6.45) is 2.78. The van der Waals surface area contributed by atoms with Gasteiger partial charge in [0, 0.05) is 12.6 Å². The minimum absolute atomic E-state index is 0.146. The zero-order valence-corrected chi connectivity index (χ0v) is 12.7. The molecule has 1 aliphatic rings. The van der Waals surface area contributed by atoms with Crippen LogP contribution in [0.5, 0.6) is 0 Å². The molecule has 1 N–H and O–H groups in total. The number of carbonyl (C=O) groups is 2. The van der Waals surface area contributed by atoms with Crippen LogP contribution < -0.4 is 5.32 Å². The molecule has 6 heteroatoms. The van der Waals surface area contributed by atoms with Crippen LogP contribution in [0, 0.1) is 5.82 Å². The first kappa shape index (κ1) is 16.3. The van der Waals surface area contributed by atoms with E-state index in [1.807, 2.05) is 0 Å². The molecular weight excluding hydrogens is 287 g/mol. The molecule has 2 amide bonds. The average molecular weight is 308 g/mol. The van der Waals surface area contributed by atoms with Crippen molar-refractivity contribution in [2.45, 2.75) is 38.6 Å². The van der Waals surface area contributed by atoms with Crippen molar-refractivity contribution in [1.29, 1.82) is 0 Å². The Kier molecular flexibility index (Phi) is 5.75. The Morgan fingerprint density at radius 1 is 1.36 bits per heavy atom. The van der Waals surface area contributed by atoms with Crippen LogP contribution in [0.2, 0.25) is 0 Å². The Bertz CT molecular complexity index is 536. The van der Waals surface area contributed by atoms with Crippen LogP contribution in [0.3, 0.4) is 0 Å². The van der Waals surface area contributed by atoms with Gasteiger partial charge in [-0.25, -0.2) is 9.18 Å². The fourth-order valence-corrected chi connectivity index (χ4v) is 2.64. The number of benzene rings is 1. The maximum Gasteiger partial charge on any atom is 0.322 e. The predicted molar refractivity (Wildman–Crippen MR) is 81.0 cm³/mol. The molecule has 120 valence electrons. The number of carbonyl (C=O) groups excluding carboxylic acids is 2. The van der Waals surface area contributed by atoms with Gasteiger partial charge in [0.1, 0.15) is 5.82 Å². The summed E-state index contributed by atoms with van der Waals surface area (Å²) in [5.74, 6) is -0.784. The van der Waals surface area contributed by atoms with Crippen molar-refractivity contribution in [3.8, 4) is 0 Å². The number of likely N-dealkylation sites (tertiary alicyclic amines) is 1. The molecule has 0 aromatic heterocycles. The molecule has 1 aromatic carbocycles. The Labute approximate surface area is 129 Å². The van der Waals surface area contributed by atoms with Crippen LogP contribution >= 0.6 is 0 Å². The van der Waals surface area contributed by atoms with E-state index in [1.165, 1.54) is 12.1 Å². The van der Waals surface area contributed by atoms with Gasteiger partial charge in [0.2, 0.25) is 0 Å². The van der Waals surface area contributed by atoms with Gasteiger partial charge in [0.15, 0.2) is 0 Å². The van der Waals surface area contributed by atoms with Crippen LogP contribution in [0.4, 0.5) is 14.9 Å². The van der Waals surface area contributed by atoms with E-state index >= 15 is 0 Å². The van der Waals surface area contributed by atoms with Crippen molar-refractivity contribution in [1.82, 2.24) is 4.90 Å². The topological polar surface area (TPSA) is 58.6 Å². The van der Waals surface area contributed by atoms with Gasteiger partial charge in [-0.1, -0.05) is 12.1 Å². The summed E-state index contributed by atoms with van der Waals surface area (Å²) < 4.78 is 18.6. The van der Waals surface area contributed by atoms with E-state index in [4.69, 9.17) is 4.74 Å². The van der Waals surface area contributed by atoms with E-state index in [9.17, 15) is 14.0 Å². The van der Waals surface area contributed by atoms with E-state index in [0.29, 0.717) is 13.2 Å². The molecule has 0 radical (unpaired) electrons. The predicted octanol–water partition coefficient (Wildman–Crippen LogP) is 3.17. The number of hydrogen-bond acceptors (Lipinski definition) is 3. The molecule has 1 heterocycles. The van der Waals surface area contributed by atoms with Crippen LogP contribution in [0.1, 0.15) is 32.6 Å². The number of nitrogens with zero attached hydrogens (tertiary/aromatic N) is 1. The van der Waals surface area contributed by atoms with E-state index < -0.39 is 5.82 Å². The maximum atomic E-state index is 13.6. The SMILES string of the molecule is CCOC(=O)C[C@@H]1CCCCN1C(=O)Nc1ccccc1F. The standard InChI is InChI=1S/C16H21FN2O3/c1-2-22-15(20)11-12-7-5-6-10-19(12)16(21)18-14-9-4-3-8-13(14)17/h3-4,8-9,12H,2,5-7,10-11H2,1H3,(H,18,21)/t12-/m0/s1. The normalized spacial score (nSPS) is 17.9. The third kappa shape index (κ3) is 4.19. The van der Waals surface area contributed by atoms with Crippen molar-refractivity contribution in [3.05, 3.63) is 30.1 Å². The summed E-state index contributed by atoms with van der Waals surface area (Å²) in [4.78, 5) is 25.6. The summed E-state index contributed by atoms with van der Waals surface area (Å²) >= 11 is 0. The number of piperidine rings is 1. The number of anilines is 1. The van der Waals surface area contributed by atoms with E-state index in [0.717, 1.165) is 19.3 Å². The minimum atomic E-state index is -0.477. The number of nitrogens with one attached hydrogen (secondary N) is 1. The number of halogens is 1. The number of ether oxygens (including phenoxy) is 1. The quantitative estimate of drug-likeness (QED) is 0.869. The second-order valence-electron chi connectivity index (χ2n) is 5.26. The fourth-order valence-electron chi connectivity index (χ4n) is 2.64. The van der Waals surface area contributed by atoms with Crippen molar-refractivity contribution >= 4 is 17.7 Å². The van der Waals surface area contributed by atoms with Gasteiger partial charge >= 0.3 is 12.0 Å². The van der Waals surface area contributed by atoms with Gasteiger partial charge in [-0.15, -0.1) is 0 Å². The monoisotopic (exact) mass is 308 g/mol. The Morgan fingerprint density at radius 3 is 2.86 bits per heavy atom. The Hall–Kier alpha value is -2.11. The molecule has 0 bridgehead atoms. The van der Waals surface area contributed by atoms with Crippen molar-refractivity contribution < 1.29 is 18.7 Å². The number of rotatable bonds is 4. The lowest BCUT2D eigenvalue weighted by atomic mass is 10.00. The van der Waals surface area contributed by atoms with Gasteiger partial charge in [0.05, 0.1) is 18.7 Å². The zero-order chi connectivity index (χ0) is 15.9. The first-order valence-electron chi connectivity index (χ1n) is 7.59. The van der Waals surface area contributed by atoms with Crippen molar-refractivity contribution in [2.75, 3.05) is 18.5 Å². The molecule has 22 heavy (non-hydrogen) atoms. The molecule has 1 aliphatic heterocycles. The summed E-state index contributed by atoms with van der Waals surface area (Å²) in [5, 5.41) is 2.58. The highest BCUT2D eigenvalue weighted by molar-refractivity contribution is 5.90. The first-order chi connectivity index (χ1) is 10.6.